The van der Waals surface area contributed by atoms with Gasteiger partial charge < -0.3 is 9.64 Å². The van der Waals surface area contributed by atoms with Gasteiger partial charge in [0.05, 0.1) is 6.61 Å². The van der Waals surface area contributed by atoms with Crippen molar-refractivity contribution in [3.63, 3.8) is 0 Å². The van der Waals surface area contributed by atoms with Crippen LogP contribution in [0.5, 0.6) is 0 Å². The fourth-order valence-electron chi connectivity index (χ4n) is 3.75. The van der Waals surface area contributed by atoms with Gasteiger partial charge in [0.15, 0.2) is 0 Å². The third-order valence-corrected chi connectivity index (χ3v) is 5.90. The lowest BCUT2D eigenvalue weighted by molar-refractivity contribution is 0.0871. The molecule has 4 rings (SSSR count). The van der Waals surface area contributed by atoms with E-state index in [0.29, 0.717) is 0 Å². The lowest BCUT2D eigenvalue weighted by Gasteiger charge is -2.35. The van der Waals surface area contributed by atoms with Crippen LogP contribution in [0, 0.1) is 5.92 Å². The number of nitrogens with zero attached hydrogens (tertiary/aromatic N) is 2. The molecule has 2 bridgehead atoms. The van der Waals surface area contributed by atoms with E-state index in [2.05, 4.69) is 40.1 Å². The standard InChI is InChI=1S/C18H28N2OS/c1-21-11-9-20-14-16-7-8-17(20)15-19(13-16)10-12-22-18-5-3-2-4-6-18/h2-6,16-17H,7-15H2,1H3/t16-,17+/m0/s1. The molecule has 3 aliphatic heterocycles. The number of fused-ring (bicyclic) bond motifs is 4. The molecule has 4 heteroatoms. The molecule has 0 unspecified atom stereocenters. The van der Waals surface area contributed by atoms with Crippen LogP contribution in [0.15, 0.2) is 35.2 Å². The van der Waals surface area contributed by atoms with E-state index in [1.807, 2.05) is 18.9 Å². The van der Waals surface area contributed by atoms with Crippen LogP contribution in [0.1, 0.15) is 12.8 Å². The van der Waals surface area contributed by atoms with E-state index in [-0.39, 0.29) is 0 Å². The molecule has 22 heavy (non-hydrogen) atoms. The molecular weight excluding hydrogens is 292 g/mol. The van der Waals surface area contributed by atoms with Crippen molar-refractivity contribution in [2.24, 2.45) is 5.92 Å². The van der Waals surface area contributed by atoms with Gasteiger partial charge in [-0.05, 0) is 30.9 Å². The average molecular weight is 321 g/mol. The first-order valence-corrected chi connectivity index (χ1v) is 9.47. The Hall–Kier alpha value is -0.550. The van der Waals surface area contributed by atoms with Crippen molar-refractivity contribution in [2.45, 2.75) is 23.8 Å². The number of ether oxygens (including phenoxy) is 1. The van der Waals surface area contributed by atoms with Gasteiger partial charge in [0, 0.05) is 56.5 Å². The van der Waals surface area contributed by atoms with Crippen molar-refractivity contribution in [3.05, 3.63) is 30.3 Å². The second-order valence-electron chi connectivity index (χ2n) is 6.51. The molecule has 3 heterocycles. The number of hydrogen-bond acceptors (Lipinski definition) is 4. The summed E-state index contributed by atoms with van der Waals surface area (Å²) < 4.78 is 5.28. The predicted molar refractivity (Wildman–Crippen MR) is 93.6 cm³/mol. The van der Waals surface area contributed by atoms with E-state index in [4.69, 9.17) is 4.74 Å². The minimum absolute atomic E-state index is 0.746. The van der Waals surface area contributed by atoms with Crippen LogP contribution in [0.2, 0.25) is 0 Å². The molecule has 0 spiro atoms. The Morgan fingerprint density at radius 1 is 1.09 bits per heavy atom. The molecular formula is C18H28N2OS. The van der Waals surface area contributed by atoms with Gasteiger partial charge in [0.2, 0.25) is 0 Å². The number of thioether (sulfide) groups is 1. The summed E-state index contributed by atoms with van der Waals surface area (Å²) in [5.41, 5.74) is 0. The minimum atomic E-state index is 0.746. The summed E-state index contributed by atoms with van der Waals surface area (Å²) in [6, 6.07) is 11.5. The number of benzene rings is 1. The first-order valence-electron chi connectivity index (χ1n) is 8.48. The maximum atomic E-state index is 5.28. The number of piperidine rings is 1. The van der Waals surface area contributed by atoms with Crippen LogP contribution in [0.25, 0.3) is 0 Å². The van der Waals surface area contributed by atoms with Crippen LogP contribution in [-0.2, 0) is 4.74 Å². The van der Waals surface area contributed by atoms with E-state index in [0.717, 1.165) is 25.1 Å². The first-order chi connectivity index (χ1) is 10.8. The van der Waals surface area contributed by atoms with E-state index < -0.39 is 0 Å². The molecule has 0 aromatic heterocycles. The third kappa shape index (κ3) is 4.48. The van der Waals surface area contributed by atoms with Crippen LogP contribution in [-0.4, -0.2) is 68.0 Å². The molecule has 1 aromatic carbocycles. The summed E-state index contributed by atoms with van der Waals surface area (Å²) in [6.07, 6.45) is 2.78. The second kappa shape index (κ2) is 8.34. The van der Waals surface area contributed by atoms with Crippen LogP contribution in [0.3, 0.4) is 0 Å². The van der Waals surface area contributed by atoms with Crippen LogP contribution >= 0.6 is 11.8 Å². The molecule has 0 amide bonds. The summed E-state index contributed by atoms with van der Waals surface area (Å²) >= 11 is 1.98. The maximum Gasteiger partial charge on any atom is 0.0589 e. The Morgan fingerprint density at radius 3 is 2.77 bits per heavy atom. The van der Waals surface area contributed by atoms with Gasteiger partial charge in [-0.3, -0.25) is 4.90 Å². The van der Waals surface area contributed by atoms with E-state index >= 15 is 0 Å². The van der Waals surface area contributed by atoms with Gasteiger partial charge in [-0.1, -0.05) is 18.2 Å². The summed E-state index contributed by atoms with van der Waals surface area (Å²) in [6.45, 7) is 6.99. The number of methoxy groups -OCH3 is 1. The van der Waals surface area contributed by atoms with Gasteiger partial charge in [-0.15, -0.1) is 11.8 Å². The van der Waals surface area contributed by atoms with Crippen molar-refractivity contribution >= 4 is 11.8 Å². The molecule has 3 fully saturated rings. The van der Waals surface area contributed by atoms with Crippen molar-refractivity contribution < 1.29 is 4.74 Å². The monoisotopic (exact) mass is 320 g/mol. The van der Waals surface area contributed by atoms with Crippen molar-refractivity contribution in [2.75, 3.05) is 52.2 Å². The molecule has 0 radical (unpaired) electrons. The molecule has 0 saturated carbocycles. The highest BCUT2D eigenvalue weighted by atomic mass is 32.2. The fourth-order valence-corrected chi connectivity index (χ4v) is 4.69. The smallest absolute Gasteiger partial charge is 0.0589 e. The highest BCUT2D eigenvalue weighted by Gasteiger charge is 2.34. The third-order valence-electron chi connectivity index (χ3n) is 4.90. The van der Waals surface area contributed by atoms with Gasteiger partial charge in [0.1, 0.15) is 0 Å². The topological polar surface area (TPSA) is 15.7 Å². The Balaban J connectivity index is 1.47. The van der Waals surface area contributed by atoms with Crippen LogP contribution < -0.4 is 0 Å². The van der Waals surface area contributed by atoms with Crippen molar-refractivity contribution in [3.8, 4) is 0 Å². The molecule has 1 aromatic rings. The van der Waals surface area contributed by atoms with Gasteiger partial charge >= 0.3 is 0 Å². The van der Waals surface area contributed by atoms with Crippen LogP contribution in [0.4, 0.5) is 0 Å². The summed E-state index contributed by atoms with van der Waals surface area (Å²) in [7, 11) is 1.81. The summed E-state index contributed by atoms with van der Waals surface area (Å²) in [5, 5.41) is 0. The second-order valence-corrected chi connectivity index (χ2v) is 7.67. The Bertz CT molecular complexity index is 442. The van der Waals surface area contributed by atoms with Gasteiger partial charge in [-0.25, -0.2) is 0 Å². The molecule has 3 saturated heterocycles. The largest absolute Gasteiger partial charge is 0.383 e. The van der Waals surface area contributed by atoms with Gasteiger partial charge in [-0.2, -0.15) is 0 Å². The lowest BCUT2D eigenvalue weighted by atomic mass is 9.95. The summed E-state index contributed by atoms with van der Waals surface area (Å²) in [5.74, 6) is 2.05. The molecule has 3 nitrogen and oxygen atoms in total. The highest BCUT2D eigenvalue weighted by Crippen LogP contribution is 2.28. The fraction of sp³-hybridized carbons (Fsp3) is 0.667. The SMILES string of the molecule is COCCN1C[C@H]2CC[C@@H]1CN(CCSc1ccccc1)C2. The predicted octanol–water partition coefficient (Wildman–Crippen LogP) is 2.82. The number of hydrogen-bond donors (Lipinski definition) is 0. The molecule has 0 aliphatic carbocycles. The Kier molecular flexibility index (Phi) is 6.19. The van der Waals surface area contributed by atoms with E-state index in [1.54, 1.807) is 0 Å². The van der Waals surface area contributed by atoms with E-state index in [1.165, 1.54) is 49.7 Å². The average Bonchev–Trinajstić information content (AvgIpc) is 2.84. The first kappa shape index (κ1) is 16.3. The zero-order chi connectivity index (χ0) is 15.2. The van der Waals surface area contributed by atoms with Crippen molar-refractivity contribution in [1.29, 1.82) is 0 Å². The molecule has 2 atom stereocenters. The molecule has 3 aliphatic rings. The highest BCUT2D eigenvalue weighted by molar-refractivity contribution is 7.99. The Labute approximate surface area is 139 Å². The summed E-state index contributed by atoms with van der Waals surface area (Å²) in [4.78, 5) is 6.76. The minimum Gasteiger partial charge on any atom is -0.383 e. The zero-order valence-electron chi connectivity index (χ0n) is 13.6. The van der Waals surface area contributed by atoms with Gasteiger partial charge in [0.25, 0.3) is 0 Å². The maximum absolute atomic E-state index is 5.28. The Morgan fingerprint density at radius 2 is 1.95 bits per heavy atom. The molecule has 122 valence electrons. The number of rotatable bonds is 7. The van der Waals surface area contributed by atoms with Crippen molar-refractivity contribution in [1.82, 2.24) is 9.80 Å². The lowest BCUT2D eigenvalue weighted by Crippen LogP contribution is -2.45. The zero-order valence-corrected chi connectivity index (χ0v) is 14.4. The van der Waals surface area contributed by atoms with E-state index in [9.17, 15) is 0 Å². The molecule has 0 N–H and O–H groups in total. The normalized spacial score (nSPS) is 26.2. The quantitative estimate of drug-likeness (QED) is 0.718.